The molecule has 0 saturated heterocycles. The zero-order valence-corrected chi connectivity index (χ0v) is 16.4. The molecule has 2 aromatic rings. The van der Waals surface area contributed by atoms with Gasteiger partial charge in [-0.2, -0.15) is 8.42 Å². The fourth-order valence-corrected chi connectivity index (χ4v) is 4.30. The molecule has 0 aliphatic heterocycles. The van der Waals surface area contributed by atoms with Gasteiger partial charge in [-0.1, -0.05) is 28.9 Å². The van der Waals surface area contributed by atoms with Crippen molar-refractivity contribution in [1.29, 1.82) is 0 Å². The second-order valence-corrected chi connectivity index (χ2v) is 8.17. The van der Waals surface area contributed by atoms with Crippen LogP contribution in [0.25, 0.3) is 0 Å². The number of fused-ring (bicyclic) bond motifs is 1. The van der Waals surface area contributed by atoms with Gasteiger partial charge in [-0.15, -0.1) is 0 Å². The molecule has 2 aromatic carbocycles. The summed E-state index contributed by atoms with van der Waals surface area (Å²) in [4.78, 5) is 0.0863. The summed E-state index contributed by atoms with van der Waals surface area (Å²) in [6, 6.07) is 10.3. The van der Waals surface area contributed by atoms with Crippen molar-refractivity contribution in [1.82, 2.24) is 0 Å². The minimum absolute atomic E-state index is 0.0863. The Hall–Kier alpha value is -1.86. The first-order chi connectivity index (χ1) is 11.9. The van der Waals surface area contributed by atoms with Gasteiger partial charge in [-0.05, 0) is 65.9 Å². The van der Waals surface area contributed by atoms with Crippen LogP contribution in [0.1, 0.15) is 29.5 Å². The van der Waals surface area contributed by atoms with Crippen molar-refractivity contribution >= 4 is 31.8 Å². The third-order valence-corrected chi connectivity index (χ3v) is 6.02. The van der Waals surface area contributed by atoms with E-state index >= 15 is 0 Å². The Morgan fingerprint density at radius 1 is 1.08 bits per heavy atom. The number of nitrogens with zero attached hydrogens (tertiary/aromatic N) is 1. The van der Waals surface area contributed by atoms with Crippen molar-refractivity contribution in [3.63, 3.8) is 0 Å². The van der Waals surface area contributed by atoms with Gasteiger partial charge in [0, 0.05) is 5.56 Å². The van der Waals surface area contributed by atoms with E-state index in [-0.39, 0.29) is 4.90 Å². The molecule has 7 heteroatoms. The van der Waals surface area contributed by atoms with Gasteiger partial charge in [-0.3, -0.25) is 4.28 Å². The summed E-state index contributed by atoms with van der Waals surface area (Å²) in [6.07, 6.45) is 2.43. The Morgan fingerprint density at radius 2 is 1.80 bits per heavy atom. The Kier molecular flexibility index (Phi) is 5.15. The second-order valence-electron chi connectivity index (χ2n) is 5.85. The molecule has 1 aliphatic rings. The number of aryl methyl sites for hydroxylation is 2. The molecule has 0 atom stereocenters. The summed E-state index contributed by atoms with van der Waals surface area (Å²) in [5.74, 6) is 0.676. The molecule has 5 nitrogen and oxygen atoms in total. The SMILES string of the molecule is COc1ccc2c(c1Br)/C(=N/OS(=O)(=O)c1ccc(C)cc1)CCC2. The van der Waals surface area contributed by atoms with Crippen molar-refractivity contribution in [3.05, 3.63) is 57.6 Å². The standard InChI is InChI=1S/C18H18BrNO4S/c1-12-6-9-14(10-7-12)25(21,22)24-20-15-5-3-4-13-8-11-16(23-2)18(19)17(13)15/h6-11H,3-5H2,1-2H3/b20-15+. The lowest BCUT2D eigenvalue weighted by molar-refractivity contribution is 0.337. The fourth-order valence-electron chi connectivity index (χ4n) is 2.78. The van der Waals surface area contributed by atoms with Gasteiger partial charge in [0.05, 0.1) is 17.3 Å². The minimum atomic E-state index is -3.94. The smallest absolute Gasteiger partial charge is 0.358 e. The van der Waals surface area contributed by atoms with Gasteiger partial charge < -0.3 is 4.74 Å². The van der Waals surface area contributed by atoms with Crippen molar-refractivity contribution in [2.45, 2.75) is 31.1 Å². The summed E-state index contributed by atoms with van der Waals surface area (Å²) in [6.45, 7) is 1.89. The maximum Gasteiger partial charge on any atom is 0.358 e. The Bertz CT molecular complexity index is 921. The predicted molar refractivity (Wildman–Crippen MR) is 99.6 cm³/mol. The summed E-state index contributed by atoms with van der Waals surface area (Å²) in [5, 5.41) is 3.97. The molecule has 0 heterocycles. The van der Waals surface area contributed by atoms with Gasteiger partial charge >= 0.3 is 10.1 Å². The number of benzene rings is 2. The van der Waals surface area contributed by atoms with Crippen LogP contribution in [-0.2, 0) is 20.8 Å². The molecule has 0 saturated carbocycles. The topological polar surface area (TPSA) is 65.0 Å². The van der Waals surface area contributed by atoms with Crippen molar-refractivity contribution in [2.24, 2.45) is 5.16 Å². The fraction of sp³-hybridized carbons (Fsp3) is 0.278. The molecule has 0 bridgehead atoms. The lowest BCUT2D eigenvalue weighted by Crippen LogP contribution is -2.15. The van der Waals surface area contributed by atoms with Crippen molar-refractivity contribution in [2.75, 3.05) is 7.11 Å². The van der Waals surface area contributed by atoms with Crippen LogP contribution in [0.3, 0.4) is 0 Å². The molecule has 0 N–H and O–H groups in total. The van der Waals surface area contributed by atoms with Crippen LogP contribution < -0.4 is 4.74 Å². The maximum absolute atomic E-state index is 12.3. The molecule has 25 heavy (non-hydrogen) atoms. The summed E-state index contributed by atoms with van der Waals surface area (Å²) in [5.41, 5.74) is 3.52. The molecular formula is C18H18BrNO4S. The highest BCUT2D eigenvalue weighted by molar-refractivity contribution is 9.10. The van der Waals surface area contributed by atoms with Crippen LogP contribution in [-0.4, -0.2) is 21.2 Å². The van der Waals surface area contributed by atoms with E-state index in [9.17, 15) is 8.42 Å². The molecule has 3 rings (SSSR count). The Labute approximate surface area is 155 Å². The highest BCUT2D eigenvalue weighted by atomic mass is 79.9. The zero-order chi connectivity index (χ0) is 18.0. The van der Waals surface area contributed by atoms with Crippen LogP contribution in [0, 0.1) is 6.92 Å². The minimum Gasteiger partial charge on any atom is -0.496 e. The number of ether oxygens (including phenoxy) is 1. The van der Waals surface area contributed by atoms with E-state index in [1.54, 1.807) is 19.2 Å². The number of hydrogen-bond donors (Lipinski definition) is 0. The molecular weight excluding hydrogens is 406 g/mol. The summed E-state index contributed by atoms with van der Waals surface area (Å²) < 4.78 is 35.8. The highest BCUT2D eigenvalue weighted by Gasteiger charge is 2.23. The van der Waals surface area contributed by atoms with E-state index in [2.05, 4.69) is 21.1 Å². The molecule has 0 fully saturated rings. The van der Waals surface area contributed by atoms with Crippen LogP contribution in [0.5, 0.6) is 5.75 Å². The van der Waals surface area contributed by atoms with E-state index in [0.29, 0.717) is 17.9 Å². The lowest BCUT2D eigenvalue weighted by atomic mass is 9.90. The number of rotatable bonds is 4. The van der Waals surface area contributed by atoms with E-state index in [4.69, 9.17) is 9.02 Å². The van der Waals surface area contributed by atoms with Gasteiger partial charge in [0.1, 0.15) is 10.6 Å². The van der Waals surface area contributed by atoms with Gasteiger partial charge in [0.25, 0.3) is 0 Å². The Morgan fingerprint density at radius 3 is 2.48 bits per heavy atom. The highest BCUT2D eigenvalue weighted by Crippen LogP contribution is 2.35. The van der Waals surface area contributed by atoms with E-state index in [1.807, 2.05) is 19.1 Å². The van der Waals surface area contributed by atoms with Crippen LogP contribution in [0.2, 0.25) is 0 Å². The molecule has 0 radical (unpaired) electrons. The monoisotopic (exact) mass is 423 g/mol. The first-order valence-corrected chi connectivity index (χ1v) is 10.1. The zero-order valence-electron chi connectivity index (χ0n) is 14.0. The van der Waals surface area contributed by atoms with Crippen molar-refractivity contribution in [3.8, 4) is 5.75 Å². The summed E-state index contributed by atoms with van der Waals surface area (Å²) in [7, 11) is -2.35. The number of halogens is 1. The molecule has 1 aliphatic carbocycles. The first kappa shape index (κ1) is 17.9. The third kappa shape index (κ3) is 3.72. The first-order valence-electron chi connectivity index (χ1n) is 7.85. The summed E-state index contributed by atoms with van der Waals surface area (Å²) >= 11 is 3.53. The Balaban J connectivity index is 1.95. The van der Waals surface area contributed by atoms with Crippen molar-refractivity contribution < 1.29 is 17.4 Å². The molecule has 0 spiro atoms. The largest absolute Gasteiger partial charge is 0.496 e. The molecule has 0 aromatic heterocycles. The van der Waals surface area contributed by atoms with Crippen LogP contribution in [0.15, 0.2) is 50.9 Å². The molecule has 0 unspecified atom stereocenters. The van der Waals surface area contributed by atoms with E-state index < -0.39 is 10.1 Å². The van der Waals surface area contributed by atoms with E-state index in [1.165, 1.54) is 12.1 Å². The van der Waals surface area contributed by atoms with Crippen LogP contribution >= 0.6 is 15.9 Å². The maximum atomic E-state index is 12.3. The number of oxime groups is 1. The third-order valence-electron chi connectivity index (χ3n) is 4.12. The quantitative estimate of drug-likeness (QED) is 0.690. The molecule has 0 amide bonds. The van der Waals surface area contributed by atoms with Crippen LogP contribution in [0.4, 0.5) is 0 Å². The lowest BCUT2D eigenvalue weighted by Gasteiger charge is -2.20. The second kappa shape index (κ2) is 7.17. The average Bonchev–Trinajstić information content (AvgIpc) is 2.60. The van der Waals surface area contributed by atoms with E-state index in [0.717, 1.165) is 34.0 Å². The van der Waals surface area contributed by atoms with Gasteiger partial charge in [-0.25, -0.2) is 0 Å². The normalized spacial score (nSPS) is 15.7. The average molecular weight is 424 g/mol. The molecule has 132 valence electrons. The predicted octanol–water partition coefficient (Wildman–Crippen LogP) is 4.21. The van der Waals surface area contributed by atoms with Gasteiger partial charge in [0.15, 0.2) is 0 Å². The van der Waals surface area contributed by atoms with Gasteiger partial charge in [0.2, 0.25) is 0 Å². The number of methoxy groups -OCH3 is 1. The number of hydrogen-bond acceptors (Lipinski definition) is 5.